The van der Waals surface area contributed by atoms with E-state index in [2.05, 4.69) is 78.0 Å². The molecule has 1 saturated carbocycles. The second-order valence-electron chi connectivity index (χ2n) is 6.32. The SMILES string of the molecule is CC1(C)C(n2c(N)nc3cc(I)ccc32)C1(C)C. The van der Waals surface area contributed by atoms with E-state index >= 15 is 0 Å². The van der Waals surface area contributed by atoms with Crippen LogP contribution in [0.4, 0.5) is 5.95 Å². The highest BCUT2D eigenvalue weighted by Gasteiger charge is 2.66. The molecule has 3 nitrogen and oxygen atoms in total. The van der Waals surface area contributed by atoms with Gasteiger partial charge in [0, 0.05) is 9.61 Å². The van der Waals surface area contributed by atoms with E-state index in [-0.39, 0.29) is 10.8 Å². The van der Waals surface area contributed by atoms with Crippen LogP contribution in [0.2, 0.25) is 0 Å². The molecule has 0 aliphatic heterocycles. The van der Waals surface area contributed by atoms with Crippen molar-refractivity contribution in [1.82, 2.24) is 9.55 Å². The summed E-state index contributed by atoms with van der Waals surface area (Å²) >= 11 is 2.31. The van der Waals surface area contributed by atoms with Crippen LogP contribution in [0, 0.1) is 14.4 Å². The Morgan fingerprint density at radius 1 is 1.22 bits per heavy atom. The van der Waals surface area contributed by atoms with Crippen molar-refractivity contribution in [3.63, 3.8) is 0 Å². The summed E-state index contributed by atoms with van der Waals surface area (Å²) < 4.78 is 3.41. The first-order valence-electron chi connectivity index (χ1n) is 6.20. The third kappa shape index (κ3) is 1.38. The summed E-state index contributed by atoms with van der Waals surface area (Å²) in [6, 6.07) is 6.76. The van der Waals surface area contributed by atoms with E-state index in [0.717, 1.165) is 11.0 Å². The van der Waals surface area contributed by atoms with Crippen LogP contribution < -0.4 is 5.73 Å². The molecule has 4 heteroatoms. The Labute approximate surface area is 121 Å². The van der Waals surface area contributed by atoms with Gasteiger partial charge in [-0.25, -0.2) is 4.98 Å². The molecule has 96 valence electrons. The van der Waals surface area contributed by atoms with Gasteiger partial charge in [-0.3, -0.25) is 0 Å². The second-order valence-corrected chi connectivity index (χ2v) is 7.56. The number of imidazole rings is 1. The summed E-state index contributed by atoms with van der Waals surface area (Å²) in [5.41, 5.74) is 8.81. The van der Waals surface area contributed by atoms with Crippen LogP contribution in [-0.4, -0.2) is 9.55 Å². The van der Waals surface area contributed by atoms with Crippen LogP contribution in [0.5, 0.6) is 0 Å². The van der Waals surface area contributed by atoms with E-state index in [4.69, 9.17) is 5.73 Å². The van der Waals surface area contributed by atoms with Gasteiger partial charge in [-0.05, 0) is 51.6 Å². The molecule has 1 aliphatic carbocycles. The number of nitrogens with two attached hydrogens (primary N) is 1. The quantitative estimate of drug-likeness (QED) is 0.791. The highest BCUT2D eigenvalue weighted by molar-refractivity contribution is 14.1. The van der Waals surface area contributed by atoms with E-state index in [1.807, 2.05) is 0 Å². The maximum atomic E-state index is 6.14. The Morgan fingerprint density at radius 2 is 1.83 bits per heavy atom. The smallest absolute Gasteiger partial charge is 0.201 e. The number of aromatic nitrogens is 2. The number of benzene rings is 1. The normalized spacial score (nSPS) is 21.4. The second kappa shape index (κ2) is 3.40. The molecule has 1 aliphatic rings. The molecular weight excluding hydrogens is 337 g/mol. The van der Waals surface area contributed by atoms with E-state index in [0.29, 0.717) is 12.0 Å². The Hall–Kier alpha value is -0.780. The lowest BCUT2D eigenvalue weighted by Crippen LogP contribution is -2.05. The molecule has 1 aromatic heterocycles. The average Bonchev–Trinajstić information content (AvgIpc) is 2.52. The lowest BCUT2D eigenvalue weighted by atomic mass is 10.0. The van der Waals surface area contributed by atoms with Gasteiger partial charge in [0.25, 0.3) is 0 Å². The van der Waals surface area contributed by atoms with Crippen molar-refractivity contribution in [2.75, 3.05) is 5.73 Å². The minimum atomic E-state index is 0.262. The summed E-state index contributed by atoms with van der Waals surface area (Å²) in [7, 11) is 0. The van der Waals surface area contributed by atoms with E-state index in [9.17, 15) is 0 Å². The topological polar surface area (TPSA) is 43.8 Å². The predicted octanol–water partition coefficient (Wildman–Crippen LogP) is 3.83. The molecule has 0 spiro atoms. The van der Waals surface area contributed by atoms with E-state index in [1.165, 1.54) is 3.57 Å². The van der Waals surface area contributed by atoms with Gasteiger partial charge in [-0.2, -0.15) is 0 Å². The maximum absolute atomic E-state index is 6.14. The summed E-state index contributed by atoms with van der Waals surface area (Å²) in [4.78, 5) is 4.50. The Balaban J connectivity index is 2.23. The van der Waals surface area contributed by atoms with Gasteiger partial charge in [-0.1, -0.05) is 27.7 Å². The fourth-order valence-corrected chi connectivity index (χ4v) is 3.64. The van der Waals surface area contributed by atoms with Crippen molar-refractivity contribution < 1.29 is 0 Å². The summed E-state index contributed by atoms with van der Waals surface area (Å²) in [5, 5.41) is 0. The first-order valence-corrected chi connectivity index (χ1v) is 7.27. The molecule has 0 atom stereocenters. The Morgan fingerprint density at radius 3 is 2.39 bits per heavy atom. The van der Waals surface area contributed by atoms with Crippen LogP contribution >= 0.6 is 22.6 Å². The van der Waals surface area contributed by atoms with Crippen LogP contribution in [0.3, 0.4) is 0 Å². The highest BCUT2D eigenvalue weighted by atomic mass is 127. The van der Waals surface area contributed by atoms with Crippen LogP contribution in [0.15, 0.2) is 18.2 Å². The molecule has 0 unspecified atom stereocenters. The highest BCUT2D eigenvalue weighted by Crippen LogP contribution is 2.72. The number of halogens is 1. The zero-order valence-corrected chi connectivity index (χ0v) is 13.3. The van der Waals surface area contributed by atoms with Gasteiger partial charge in [0.15, 0.2) is 0 Å². The third-order valence-corrected chi connectivity index (χ3v) is 5.55. The molecule has 0 bridgehead atoms. The van der Waals surface area contributed by atoms with Gasteiger partial charge in [0.2, 0.25) is 5.95 Å². The fraction of sp³-hybridized carbons (Fsp3) is 0.500. The van der Waals surface area contributed by atoms with Gasteiger partial charge in [-0.15, -0.1) is 0 Å². The minimum Gasteiger partial charge on any atom is -0.369 e. The summed E-state index contributed by atoms with van der Waals surface area (Å²) in [6.07, 6.45) is 0. The van der Waals surface area contributed by atoms with Crippen molar-refractivity contribution in [1.29, 1.82) is 0 Å². The first kappa shape index (κ1) is 12.3. The van der Waals surface area contributed by atoms with Gasteiger partial charge in [0.1, 0.15) is 0 Å². The third-order valence-electron chi connectivity index (χ3n) is 4.88. The number of rotatable bonds is 1. The molecule has 2 aromatic rings. The Bertz CT molecular complexity index is 626. The van der Waals surface area contributed by atoms with Gasteiger partial charge >= 0.3 is 0 Å². The predicted molar refractivity (Wildman–Crippen MR) is 83.5 cm³/mol. The number of hydrogen-bond acceptors (Lipinski definition) is 2. The van der Waals surface area contributed by atoms with Crippen molar-refractivity contribution in [2.45, 2.75) is 33.7 Å². The summed E-state index contributed by atoms with van der Waals surface area (Å²) in [6.45, 7) is 9.20. The molecule has 1 aromatic carbocycles. The van der Waals surface area contributed by atoms with Crippen molar-refractivity contribution in [3.05, 3.63) is 21.8 Å². The van der Waals surface area contributed by atoms with Crippen LogP contribution in [0.1, 0.15) is 33.7 Å². The average molecular weight is 355 g/mol. The first-order chi connectivity index (χ1) is 8.26. The van der Waals surface area contributed by atoms with Crippen molar-refractivity contribution >= 4 is 39.6 Å². The molecular formula is C14H18IN3. The van der Waals surface area contributed by atoms with E-state index < -0.39 is 0 Å². The fourth-order valence-electron chi connectivity index (χ4n) is 3.17. The lowest BCUT2D eigenvalue weighted by Gasteiger charge is -2.08. The Kier molecular flexibility index (Phi) is 2.32. The molecule has 2 N–H and O–H groups in total. The number of nitrogens with zero attached hydrogens (tertiary/aromatic N) is 2. The number of fused-ring (bicyclic) bond motifs is 1. The minimum absolute atomic E-state index is 0.262. The molecule has 18 heavy (non-hydrogen) atoms. The lowest BCUT2D eigenvalue weighted by molar-refractivity contribution is 0.457. The van der Waals surface area contributed by atoms with Gasteiger partial charge in [0.05, 0.1) is 11.0 Å². The van der Waals surface area contributed by atoms with Crippen molar-refractivity contribution in [3.8, 4) is 0 Å². The van der Waals surface area contributed by atoms with Crippen molar-refractivity contribution in [2.24, 2.45) is 10.8 Å². The van der Waals surface area contributed by atoms with Gasteiger partial charge < -0.3 is 10.3 Å². The molecule has 3 rings (SSSR count). The summed E-state index contributed by atoms with van der Waals surface area (Å²) in [5.74, 6) is 0.635. The molecule has 0 amide bonds. The number of nitrogen functional groups attached to an aromatic ring is 1. The number of anilines is 1. The zero-order chi connectivity index (χ0) is 13.3. The largest absolute Gasteiger partial charge is 0.369 e. The monoisotopic (exact) mass is 355 g/mol. The van der Waals surface area contributed by atoms with Crippen LogP contribution in [0.25, 0.3) is 11.0 Å². The molecule has 1 fully saturated rings. The van der Waals surface area contributed by atoms with Crippen LogP contribution in [-0.2, 0) is 0 Å². The standard InChI is InChI=1S/C14H18IN3/c1-13(2)11(14(13,3)4)18-10-6-5-8(15)7-9(10)17-12(18)16/h5-7,11H,1-4H3,(H2,16,17). The molecule has 0 saturated heterocycles. The maximum Gasteiger partial charge on any atom is 0.201 e. The molecule has 1 heterocycles. The zero-order valence-electron chi connectivity index (χ0n) is 11.2. The number of hydrogen-bond donors (Lipinski definition) is 1. The van der Waals surface area contributed by atoms with E-state index in [1.54, 1.807) is 0 Å². The molecule has 0 radical (unpaired) electrons.